The van der Waals surface area contributed by atoms with Crippen LogP contribution in [0.25, 0.3) is 5.69 Å². The highest BCUT2D eigenvalue weighted by atomic mass is 19.1. The molecule has 0 saturated carbocycles. The number of amides is 1. The van der Waals surface area contributed by atoms with Gasteiger partial charge in [-0.05, 0) is 37.7 Å². The molecule has 1 aromatic carbocycles. The predicted molar refractivity (Wildman–Crippen MR) is 98.0 cm³/mol. The van der Waals surface area contributed by atoms with Gasteiger partial charge >= 0.3 is 0 Å². The van der Waals surface area contributed by atoms with Crippen molar-refractivity contribution in [2.24, 2.45) is 0 Å². The average Bonchev–Trinajstić information content (AvgIpc) is 3.30. The second kappa shape index (κ2) is 6.96. The van der Waals surface area contributed by atoms with Crippen molar-refractivity contribution < 1.29 is 9.18 Å². The number of hydrogen-bond donors (Lipinski definition) is 2. The molecule has 0 saturated heterocycles. The Kier molecular flexibility index (Phi) is 4.49. The fraction of sp³-hybridized carbons (Fsp3) is 0.316. The summed E-state index contributed by atoms with van der Waals surface area (Å²) in [5.74, 6) is -0.650. The van der Waals surface area contributed by atoms with E-state index in [1.165, 1.54) is 10.7 Å². The van der Waals surface area contributed by atoms with Crippen LogP contribution < -0.4 is 5.32 Å². The number of rotatable bonds is 4. The highest BCUT2D eigenvalue weighted by molar-refractivity contribution is 5.94. The van der Waals surface area contributed by atoms with Gasteiger partial charge in [-0.15, -0.1) is 0 Å². The molecular formula is C19H21FN6O. The Morgan fingerprint density at radius 3 is 3.00 bits per heavy atom. The van der Waals surface area contributed by atoms with Gasteiger partial charge < -0.3 is 10.2 Å². The predicted octanol–water partition coefficient (Wildman–Crippen LogP) is 2.21. The van der Waals surface area contributed by atoms with Gasteiger partial charge in [-0.25, -0.2) is 9.07 Å². The number of H-pyrrole nitrogens is 1. The van der Waals surface area contributed by atoms with Crippen molar-refractivity contribution >= 4 is 5.91 Å². The largest absolute Gasteiger partial charge is 0.344 e. The van der Waals surface area contributed by atoms with Crippen LogP contribution in [0.15, 0.2) is 36.7 Å². The summed E-state index contributed by atoms with van der Waals surface area (Å²) in [7, 11) is 2.02. The minimum atomic E-state index is -0.393. The van der Waals surface area contributed by atoms with E-state index in [9.17, 15) is 9.18 Å². The molecule has 0 radical (unpaired) electrons. The lowest BCUT2D eigenvalue weighted by Gasteiger charge is -2.22. The Labute approximate surface area is 156 Å². The lowest BCUT2D eigenvalue weighted by Crippen LogP contribution is -2.31. The zero-order valence-electron chi connectivity index (χ0n) is 15.2. The average molecular weight is 368 g/mol. The van der Waals surface area contributed by atoms with Crippen molar-refractivity contribution in [2.75, 3.05) is 13.6 Å². The van der Waals surface area contributed by atoms with Crippen LogP contribution in [0.4, 0.5) is 4.39 Å². The molecule has 0 aliphatic carbocycles. The molecule has 1 aliphatic rings. The minimum Gasteiger partial charge on any atom is -0.344 e. The Balaban J connectivity index is 1.51. The second-order valence-electron chi connectivity index (χ2n) is 6.87. The van der Waals surface area contributed by atoms with E-state index in [1.807, 2.05) is 14.0 Å². The fourth-order valence-electron chi connectivity index (χ4n) is 3.36. The van der Waals surface area contributed by atoms with Gasteiger partial charge in [0.1, 0.15) is 11.5 Å². The van der Waals surface area contributed by atoms with Gasteiger partial charge in [0.25, 0.3) is 5.91 Å². The summed E-state index contributed by atoms with van der Waals surface area (Å²) in [5.41, 5.74) is 3.41. The van der Waals surface area contributed by atoms with Crippen LogP contribution in [0.1, 0.15) is 40.3 Å². The summed E-state index contributed by atoms with van der Waals surface area (Å²) in [6, 6.07) is 6.26. The number of fused-ring (bicyclic) bond motifs is 1. The SMILES string of the molecule is C[C@H](NC(=O)c1n[nH]c2c1CN(C)CC2)c1ccc(-n2cccn2)c(F)c1. The third kappa shape index (κ3) is 3.35. The molecule has 3 aromatic rings. The highest BCUT2D eigenvalue weighted by Gasteiger charge is 2.25. The molecule has 27 heavy (non-hydrogen) atoms. The number of aromatic amines is 1. The molecule has 1 amide bonds. The van der Waals surface area contributed by atoms with E-state index < -0.39 is 5.82 Å². The Morgan fingerprint density at radius 1 is 1.41 bits per heavy atom. The monoisotopic (exact) mass is 368 g/mol. The molecule has 7 nitrogen and oxygen atoms in total. The van der Waals surface area contributed by atoms with Gasteiger partial charge in [0.15, 0.2) is 5.69 Å². The smallest absolute Gasteiger partial charge is 0.272 e. The van der Waals surface area contributed by atoms with Crippen LogP contribution >= 0.6 is 0 Å². The van der Waals surface area contributed by atoms with Crippen molar-refractivity contribution in [3.8, 4) is 5.69 Å². The molecule has 1 aliphatic heterocycles. The van der Waals surface area contributed by atoms with Gasteiger partial charge in [0.05, 0.1) is 6.04 Å². The van der Waals surface area contributed by atoms with Crippen molar-refractivity contribution in [3.05, 3.63) is 65.0 Å². The number of benzene rings is 1. The number of nitrogens with zero attached hydrogens (tertiary/aromatic N) is 4. The highest BCUT2D eigenvalue weighted by Crippen LogP contribution is 2.22. The van der Waals surface area contributed by atoms with E-state index in [0.717, 1.165) is 24.2 Å². The van der Waals surface area contributed by atoms with E-state index >= 15 is 0 Å². The van der Waals surface area contributed by atoms with Gasteiger partial charge in [-0.3, -0.25) is 9.89 Å². The molecule has 8 heteroatoms. The maximum Gasteiger partial charge on any atom is 0.272 e. The first-order valence-corrected chi connectivity index (χ1v) is 8.88. The number of aromatic nitrogens is 4. The summed E-state index contributed by atoms with van der Waals surface area (Å²) in [4.78, 5) is 14.8. The maximum absolute atomic E-state index is 14.5. The van der Waals surface area contributed by atoms with Crippen LogP contribution in [0.3, 0.4) is 0 Å². The van der Waals surface area contributed by atoms with Crippen molar-refractivity contribution in [3.63, 3.8) is 0 Å². The lowest BCUT2D eigenvalue weighted by molar-refractivity contribution is 0.0932. The number of hydrogen-bond acceptors (Lipinski definition) is 4. The summed E-state index contributed by atoms with van der Waals surface area (Å²) in [5, 5.41) is 14.1. The van der Waals surface area contributed by atoms with E-state index in [4.69, 9.17) is 0 Å². The summed E-state index contributed by atoms with van der Waals surface area (Å²) in [6.45, 7) is 3.45. The van der Waals surface area contributed by atoms with Gasteiger partial charge in [-0.1, -0.05) is 6.07 Å². The van der Waals surface area contributed by atoms with Crippen LogP contribution in [-0.2, 0) is 13.0 Å². The molecule has 0 bridgehead atoms. The first-order chi connectivity index (χ1) is 13.0. The van der Waals surface area contributed by atoms with Crippen LogP contribution in [0, 0.1) is 5.82 Å². The summed E-state index contributed by atoms with van der Waals surface area (Å²) in [6.07, 6.45) is 4.13. The molecule has 2 aromatic heterocycles. The van der Waals surface area contributed by atoms with E-state index in [1.54, 1.807) is 30.6 Å². The van der Waals surface area contributed by atoms with E-state index in [-0.39, 0.29) is 11.9 Å². The Morgan fingerprint density at radius 2 is 2.26 bits per heavy atom. The molecule has 2 N–H and O–H groups in total. The van der Waals surface area contributed by atoms with Crippen molar-refractivity contribution in [1.82, 2.24) is 30.2 Å². The summed E-state index contributed by atoms with van der Waals surface area (Å²) < 4.78 is 15.9. The van der Waals surface area contributed by atoms with Crippen LogP contribution in [0.5, 0.6) is 0 Å². The van der Waals surface area contributed by atoms with Crippen LogP contribution in [-0.4, -0.2) is 44.4 Å². The van der Waals surface area contributed by atoms with Gasteiger partial charge in [-0.2, -0.15) is 10.2 Å². The number of carbonyl (C=O) groups excluding carboxylic acids is 1. The van der Waals surface area contributed by atoms with Crippen molar-refractivity contribution in [2.45, 2.75) is 25.9 Å². The zero-order valence-corrected chi connectivity index (χ0v) is 15.2. The lowest BCUT2D eigenvalue weighted by atomic mass is 10.0. The quantitative estimate of drug-likeness (QED) is 0.740. The molecule has 0 spiro atoms. The molecular weight excluding hydrogens is 347 g/mol. The van der Waals surface area contributed by atoms with E-state index in [2.05, 4.69) is 25.5 Å². The molecule has 140 valence electrons. The van der Waals surface area contributed by atoms with Gasteiger partial charge in [0, 0.05) is 43.2 Å². The zero-order chi connectivity index (χ0) is 19.0. The maximum atomic E-state index is 14.5. The minimum absolute atomic E-state index is 0.258. The second-order valence-corrected chi connectivity index (χ2v) is 6.87. The Hall–Kier alpha value is -3.00. The number of carbonyl (C=O) groups is 1. The molecule has 4 rings (SSSR count). The number of halogens is 1. The first kappa shape index (κ1) is 17.4. The van der Waals surface area contributed by atoms with Crippen molar-refractivity contribution in [1.29, 1.82) is 0 Å². The number of nitrogens with one attached hydrogen (secondary N) is 2. The third-order valence-electron chi connectivity index (χ3n) is 4.91. The van der Waals surface area contributed by atoms with Gasteiger partial charge in [0.2, 0.25) is 0 Å². The molecule has 1 atom stereocenters. The fourth-order valence-corrected chi connectivity index (χ4v) is 3.36. The van der Waals surface area contributed by atoms with E-state index in [0.29, 0.717) is 23.5 Å². The topological polar surface area (TPSA) is 78.8 Å². The molecule has 0 fully saturated rings. The molecule has 0 unspecified atom stereocenters. The van der Waals surface area contributed by atoms with Crippen LogP contribution in [0.2, 0.25) is 0 Å². The third-order valence-corrected chi connectivity index (χ3v) is 4.91. The summed E-state index contributed by atoms with van der Waals surface area (Å²) >= 11 is 0. The first-order valence-electron chi connectivity index (χ1n) is 8.88. The number of likely N-dealkylation sites (N-methyl/N-ethyl adjacent to an activating group) is 1. The standard InChI is InChI=1S/C19H21FN6O/c1-12(13-4-5-17(15(20)10-13)26-8-3-7-21-26)22-19(27)18-14-11-25(2)9-6-16(14)23-24-18/h3-5,7-8,10,12H,6,9,11H2,1-2H3,(H,22,27)(H,23,24)/t12-/m0/s1. The normalized spacial score (nSPS) is 15.4. The molecule has 3 heterocycles. The Bertz CT molecular complexity index is 965.